The lowest BCUT2D eigenvalue weighted by Gasteiger charge is -2.47. The van der Waals surface area contributed by atoms with Crippen LogP contribution in [-0.2, 0) is 33.2 Å². The van der Waals surface area contributed by atoms with Crippen molar-refractivity contribution in [3.8, 4) is 0 Å². The maximum Gasteiger partial charge on any atom is 0.296 e. The van der Waals surface area contributed by atoms with E-state index in [1.807, 2.05) is 6.92 Å². The lowest BCUT2D eigenvalue weighted by Crippen LogP contribution is -2.68. The number of benzene rings is 3. The van der Waals surface area contributed by atoms with Crippen LogP contribution < -0.4 is 10.4 Å². The molecule has 2 bridgehead atoms. The summed E-state index contributed by atoms with van der Waals surface area (Å²) >= 11 is 0. The molecule has 4 fully saturated rings. The third kappa shape index (κ3) is 5.72. The molecule has 246 valence electrons. The third-order valence-electron chi connectivity index (χ3n) is 10.8. The second-order valence-electron chi connectivity index (χ2n) is 15.0. The van der Waals surface area contributed by atoms with Crippen molar-refractivity contribution in [2.45, 2.75) is 100 Å². The molecular weight excluding hydrogens is 617 g/mol. The van der Waals surface area contributed by atoms with E-state index in [0.717, 1.165) is 44.1 Å². The van der Waals surface area contributed by atoms with Crippen LogP contribution in [0.2, 0.25) is 5.04 Å². The Morgan fingerprint density at radius 3 is 2.13 bits per heavy atom. The van der Waals surface area contributed by atoms with Crippen LogP contribution in [0, 0.1) is 24.7 Å². The van der Waals surface area contributed by atoms with Gasteiger partial charge in [0.15, 0.2) is 0 Å². The Hall–Kier alpha value is -2.37. The summed E-state index contributed by atoms with van der Waals surface area (Å²) in [5.74, 6) is -1.39. The van der Waals surface area contributed by atoms with E-state index in [1.54, 1.807) is 24.3 Å². The monoisotopic (exact) mass is 662 g/mol. The number of ether oxygens (including phenoxy) is 1. The quantitative estimate of drug-likeness (QED) is 0.152. The molecule has 1 aliphatic heterocycles. The van der Waals surface area contributed by atoms with E-state index in [2.05, 4.69) is 81.4 Å². The molecule has 3 aliphatic carbocycles. The summed E-state index contributed by atoms with van der Waals surface area (Å²) in [5, 5.41) is 2.38. The van der Waals surface area contributed by atoms with Gasteiger partial charge in [-0.1, -0.05) is 99.1 Å². The molecule has 1 saturated heterocycles. The Morgan fingerprint density at radius 1 is 0.870 bits per heavy atom. The van der Waals surface area contributed by atoms with Crippen LogP contribution in [0.15, 0.2) is 89.8 Å². The van der Waals surface area contributed by atoms with Crippen LogP contribution in [0.5, 0.6) is 0 Å². The fourth-order valence-corrected chi connectivity index (χ4v) is 14.4. The molecule has 0 N–H and O–H groups in total. The zero-order chi connectivity index (χ0) is 32.2. The Bertz CT molecular complexity index is 1590. The number of hydrogen-bond acceptors (Lipinski definition) is 7. The smallest absolute Gasteiger partial charge is 0.296 e. The lowest BCUT2D eigenvalue weighted by atomic mass is 9.84. The van der Waals surface area contributed by atoms with Gasteiger partial charge in [-0.05, 0) is 72.0 Å². The van der Waals surface area contributed by atoms with E-state index in [4.69, 9.17) is 23.1 Å². The van der Waals surface area contributed by atoms with Crippen molar-refractivity contribution in [1.82, 2.24) is 0 Å². The zero-order valence-electron chi connectivity index (χ0n) is 27.3. The van der Waals surface area contributed by atoms with Crippen molar-refractivity contribution in [2.24, 2.45) is 17.8 Å². The fourth-order valence-electron chi connectivity index (χ4n) is 8.70. The van der Waals surface area contributed by atoms with Crippen LogP contribution >= 0.6 is 0 Å². The average Bonchev–Trinajstić information content (AvgIpc) is 3.71. The second-order valence-corrected chi connectivity index (χ2v) is 20.8. The van der Waals surface area contributed by atoms with E-state index in [0.29, 0.717) is 12.3 Å². The van der Waals surface area contributed by atoms with Gasteiger partial charge >= 0.3 is 0 Å². The molecule has 46 heavy (non-hydrogen) atoms. The predicted molar refractivity (Wildman–Crippen MR) is 178 cm³/mol. The minimum absolute atomic E-state index is 0.00284. The minimum atomic E-state index is -3.85. The summed E-state index contributed by atoms with van der Waals surface area (Å²) in [4.78, 5) is 12.7. The van der Waals surface area contributed by atoms with Crippen LogP contribution in [-0.4, -0.2) is 41.0 Å². The molecule has 0 amide bonds. The predicted octanol–water partition coefficient (Wildman–Crippen LogP) is 6.64. The van der Waals surface area contributed by atoms with Gasteiger partial charge in [-0.2, -0.15) is 18.2 Å². The highest BCUT2D eigenvalue weighted by Gasteiger charge is 2.66. The Balaban J connectivity index is 1.09. The van der Waals surface area contributed by atoms with Crippen molar-refractivity contribution < 1.29 is 31.5 Å². The Labute approximate surface area is 274 Å². The summed E-state index contributed by atoms with van der Waals surface area (Å²) in [6.07, 6.45) is 5.63. The highest BCUT2D eigenvalue weighted by atomic mass is 32.2. The van der Waals surface area contributed by atoms with Crippen molar-refractivity contribution in [3.63, 3.8) is 0 Å². The molecule has 3 aromatic carbocycles. The summed E-state index contributed by atoms with van der Waals surface area (Å²) in [7, 11) is -6.61. The van der Waals surface area contributed by atoms with E-state index < -0.39 is 30.0 Å². The molecule has 3 aromatic rings. The van der Waals surface area contributed by atoms with Crippen LogP contribution in [0.4, 0.5) is 0 Å². The van der Waals surface area contributed by atoms with Gasteiger partial charge in [0.25, 0.3) is 18.4 Å². The molecule has 0 radical (unpaired) electrons. The van der Waals surface area contributed by atoms with Gasteiger partial charge in [0.05, 0.1) is 17.6 Å². The van der Waals surface area contributed by atoms with Crippen LogP contribution in [0.25, 0.3) is 0 Å². The van der Waals surface area contributed by atoms with Gasteiger partial charge in [0.2, 0.25) is 11.6 Å². The highest BCUT2D eigenvalue weighted by Crippen LogP contribution is 2.61. The van der Waals surface area contributed by atoms with Gasteiger partial charge < -0.3 is 9.16 Å². The molecule has 1 heterocycles. The third-order valence-corrected chi connectivity index (χ3v) is 17.1. The van der Waals surface area contributed by atoms with E-state index in [1.165, 1.54) is 10.4 Å². The van der Waals surface area contributed by atoms with E-state index in [9.17, 15) is 8.42 Å². The summed E-state index contributed by atoms with van der Waals surface area (Å²) in [5.41, 5.74) is 1.00. The maximum absolute atomic E-state index is 13.0. The van der Waals surface area contributed by atoms with Crippen molar-refractivity contribution in [3.05, 3.63) is 90.5 Å². The van der Waals surface area contributed by atoms with E-state index in [-0.39, 0.29) is 34.5 Å². The molecule has 9 heteroatoms. The lowest BCUT2D eigenvalue weighted by molar-refractivity contribution is -0.365. The average molecular weight is 663 g/mol. The van der Waals surface area contributed by atoms with Gasteiger partial charge in [-0.15, -0.1) is 0 Å². The molecule has 4 aliphatic rings. The van der Waals surface area contributed by atoms with Crippen LogP contribution in [0.1, 0.15) is 71.3 Å². The largest absolute Gasteiger partial charge is 0.404 e. The SMILES string of the molecule is Cc1ccc(S(=O)(=O)OC[C@@H]2C[C@@H]3C[C@H]2[C@]2(C3)OO[C@]3(CCC[C@H](O[Si](c4ccccc4)(c4ccccc4)C(C)(C)C)C3)O2)cc1. The first-order chi connectivity index (χ1) is 21.9. The van der Waals surface area contributed by atoms with E-state index >= 15 is 0 Å². The molecule has 0 aromatic heterocycles. The standard InChI is InChI=1S/C37H46O7SSi/c1-27-17-19-31(20-18-27)45(38,39)40-26-29-22-28-23-34(29)37(24-28)42-36(43-44-37)21-11-12-30(25-36)41-46(35(2,3)4,32-13-7-5-8-14-32)33-15-9-6-10-16-33/h5-10,13-20,28-30,34H,11-12,21-26H2,1-4H3/t28-,29+,30+,34-,36+,37+/m1/s1. The van der Waals surface area contributed by atoms with Gasteiger partial charge in [0, 0.05) is 25.2 Å². The Kier molecular flexibility index (Phi) is 8.36. The Morgan fingerprint density at radius 2 is 1.52 bits per heavy atom. The van der Waals surface area contributed by atoms with Gasteiger partial charge in [-0.25, -0.2) is 0 Å². The number of hydrogen-bond donors (Lipinski definition) is 0. The normalized spacial score (nSPS) is 31.2. The minimum Gasteiger partial charge on any atom is -0.404 e. The number of aryl methyl sites for hydroxylation is 1. The first kappa shape index (κ1) is 32.2. The highest BCUT2D eigenvalue weighted by molar-refractivity contribution is 7.86. The van der Waals surface area contributed by atoms with Gasteiger partial charge in [-0.3, -0.25) is 4.18 Å². The molecular formula is C37H46O7SSi. The van der Waals surface area contributed by atoms with Crippen molar-refractivity contribution in [1.29, 1.82) is 0 Å². The first-order valence-corrected chi connectivity index (χ1v) is 20.1. The molecule has 6 atom stereocenters. The fraction of sp³-hybridized carbons (Fsp3) is 0.514. The van der Waals surface area contributed by atoms with Crippen molar-refractivity contribution >= 4 is 28.8 Å². The van der Waals surface area contributed by atoms with Crippen molar-refractivity contribution in [2.75, 3.05) is 6.61 Å². The number of rotatable bonds is 8. The van der Waals surface area contributed by atoms with Gasteiger partial charge in [0.1, 0.15) is 0 Å². The first-order valence-electron chi connectivity index (χ1n) is 16.8. The molecule has 0 unspecified atom stereocenters. The van der Waals surface area contributed by atoms with Crippen LogP contribution in [0.3, 0.4) is 0 Å². The number of fused-ring (bicyclic) bond motifs is 3. The zero-order valence-corrected chi connectivity index (χ0v) is 29.1. The maximum atomic E-state index is 13.0. The summed E-state index contributed by atoms with van der Waals surface area (Å²) < 4.78 is 46.0. The molecule has 7 nitrogen and oxygen atoms in total. The summed E-state index contributed by atoms with van der Waals surface area (Å²) in [6, 6.07) is 28.2. The molecule has 7 rings (SSSR count). The topological polar surface area (TPSA) is 80.3 Å². The second kappa shape index (κ2) is 11.9. The summed E-state index contributed by atoms with van der Waals surface area (Å²) in [6.45, 7) is 8.94. The molecule has 3 saturated carbocycles. The molecule has 2 spiro atoms.